The third-order valence-corrected chi connectivity index (χ3v) is 6.67. The van der Waals surface area contributed by atoms with E-state index < -0.39 is 0 Å². The van der Waals surface area contributed by atoms with Gasteiger partial charge < -0.3 is 4.74 Å². The number of hydrogen-bond acceptors (Lipinski definition) is 2. The van der Waals surface area contributed by atoms with Crippen LogP contribution in [0.4, 0.5) is 0 Å². The van der Waals surface area contributed by atoms with Gasteiger partial charge in [-0.3, -0.25) is 4.79 Å². The van der Waals surface area contributed by atoms with E-state index in [4.69, 9.17) is 4.74 Å². The Bertz CT molecular complexity index is 336. The van der Waals surface area contributed by atoms with Crippen LogP contribution in [0.25, 0.3) is 0 Å². The maximum atomic E-state index is 11.9. The van der Waals surface area contributed by atoms with Crippen molar-refractivity contribution in [3.8, 4) is 0 Å². The van der Waals surface area contributed by atoms with Crippen LogP contribution in [0.5, 0.6) is 0 Å². The maximum absolute atomic E-state index is 11.9. The molecule has 0 amide bonds. The summed E-state index contributed by atoms with van der Waals surface area (Å²) in [6.07, 6.45) is 19.1. The largest absolute Gasteiger partial charge is 0.466 e. The third-order valence-electron chi connectivity index (χ3n) is 6.67. The summed E-state index contributed by atoms with van der Waals surface area (Å²) < 4.78 is 5.20. The molecule has 2 saturated carbocycles. The van der Waals surface area contributed by atoms with Gasteiger partial charge in [0.15, 0.2) is 0 Å². The zero-order valence-electron chi connectivity index (χ0n) is 16.2. The molecule has 2 fully saturated rings. The molecule has 0 N–H and O–H groups in total. The van der Waals surface area contributed by atoms with Crippen LogP contribution in [0, 0.1) is 23.7 Å². The quantitative estimate of drug-likeness (QED) is 0.354. The van der Waals surface area contributed by atoms with Crippen molar-refractivity contribution in [1.82, 2.24) is 0 Å². The van der Waals surface area contributed by atoms with Crippen LogP contribution < -0.4 is 0 Å². The van der Waals surface area contributed by atoms with E-state index in [1.165, 1.54) is 77.0 Å². The molecule has 2 aliphatic carbocycles. The lowest BCUT2D eigenvalue weighted by Crippen LogP contribution is -2.29. The average molecular weight is 337 g/mol. The van der Waals surface area contributed by atoms with Crippen molar-refractivity contribution in [1.29, 1.82) is 0 Å². The van der Waals surface area contributed by atoms with Gasteiger partial charge in [0, 0.05) is 0 Å². The molecule has 2 heteroatoms. The van der Waals surface area contributed by atoms with Gasteiger partial charge in [0.25, 0.3) is 0 Å². The number of unbranched alkanes of at least 4 members (excludes halogenated alkanes) is 4. The van der Waals surface area contributed by atoms with Gasteiger partial charge >= 0.3 is 5.97 Å². The molecule has 0 unspecified atom stereocenters. The molecule has 0 heterocycles. The zero-order valence-corrected chi connectivity index (χ0v) is 16.2. The zero-order chi connectivity index (χ0) is 17.2. The summed E-state index contributed by atoms with van der Waals surface area (Å²) in [6.45, 7) is 4.73. The summed E-state index contributed by atoms with van der Waals surface area (Å²) in [4.78, 5) is 11.9. The lowest BCUT2D eigenvalue weighted by molar-refractivity contribution is -0.149. The molecule has 2 aliphatic rings. The predicted molar refractivity (Wildman–Crippen MR) is 101 cm³/mol. The normalized spacial score (nSPS) is 30.9. The maximum Gasteiger partial charge on any atom is 0.308 e. The highest BCUT2D eigenvalue weighted by Crippen LogP contribution is 2.42. The van der Waals surface area contributed by atoms with Crippen LogP contribution in [-0.2, 0) is 9.53 Å². The number of ether oxygens (including phenoxy) is 1. The highest BCUT2D eigenvalue weighted by molar-refractivity contribution is 5.72. The Morgan fingerprint density at radius 3 is 1.96 bits per heavy atom. The summed E-state index contributed by atoms with van der Waals surface area (Å²) in [5.41, 5.74) is 0. The Morgan fingerprint density at radius 1 is 0.792 bits per heavy atom. The molecule has 0 spiro atoms. The second-order valence-corrected chi connectivity index (χ2v) is 8.35. The summed E-state index contributed by atoms with van der Waals surface area (Å²) in [5.74, 6) is 3.10. The van der Waals surface area contributed by atoms with Crippen LogP contribution in [0.3, 0.4) is 0 Å². The smallest absolute Gasteiger partial charge is 0.308 e. The molecular weight excluding hydrogens is 296 g/mol. The summed E-state index contributed by atoms with van der Waals surface area (Å²) in [6, 6.07) is 0. The number of hydrogen-bond donors (Lipinski definition) is 0. The molecule has 2 nitrogen and oxygen atoms in total. The second kappa shape index (κ2) is 11.2. The fourth-order valence-electron chi connectivity index (χ4n) is 5.07. The Hall–Kier alpha value is -0.530. The van der Waals surface area contributed by atoms with E-state index in [1.807, 2.05) is 6.92 Å². The predicted octanol–water partition coefficient (Wildman–Crippen LogP) is 6.52. The molecular formula is C22H40O2. The van der Waals surface area contributed by atoms with Gasteiger partial charge in [-0.25, -0.2) is 0 Å². The first-order valence-corrected chi connectivity index (χ1v) is 10.9. The number of carbonyl (C=O) groups excluding carboxylic acids is 1. The highest BCUT2D eigenvalue weighted by atomic mass is 16.5. The molecule has 0 radical (unpaired) electrons. The lowest BCUT2D eigenvalue weighted by Gasteiger charge is -2.37. The Kier molecular flexibility index (Phi) is 9.20. The topological polar surface area (TPSA) is 26.3 Å². The second-order valence-electron chi connectivity index (χ2n) is 8.35. The van der Waals surface area contributed by atoms with Crippen LogP contribution in [-0.4, -0.2) is 12.6 Å². The van der Waals surface area contributed by atoms with Gasteiger partial charge in [-0.05, 0) is 63.2 Å². The van der Waals surface area contributed by atoms with E-state index in [9.17, 15) is 4.79 Å². The molecule has 0 aromatic heterocycles. The number of rotatable bonds is 9. The number of carbonyl (C=O) groups is 1. The average Bonchev–Trinajstić information content (AvgIpc) is 2.62. The van der Waals surface area contributed by atoms with E-state index in [1.54, 1.807) is 0 Å². The van der Waals surface area contributed by atoms with Crippen molar-refractivity contribution in [2.75, 3.05) is 6.61 Å². The molecule has 0 aromatic rings. The fraction of sp³-hybridized carbons (Fsp3) is 0.955. The SMILES string of the molecule is CCCCCCC[C@H]1CC[C@H]([C@H]2CC[C@H](C(=O)OCC)CC2)CC1. The van der Waals surface area contributed by atoms with Crippen molar-refractivity contribution in [2.24, 2.45) is 23.7 Å². The molecule has 140 valence electrons. The monoisotopic (exact) mass is 336 g/mol. The van der Waals surface area contributed by atoms with Crippen LogP contribution in [0.1, 0.15) is 104 Å². The van der Waals surface area contributed by atoms with Crippen LogP contribution in [0.15, 0.2) is 0 Å². The van der Waals surface area contributed by atoms with Gasteiger partial charge in [0.2, 0.25) is 0 Å². The van der Waals surface area contributed by atoms with Gasteiger partial charge in [0.05, 0.1) is 12.5 Å². The minimum Gasteiger partial charge on any atom is -0.466 e. The Balaban J connectivity index is 1.59. The van der Waals surface area contributed by atoms with E-state index in [0.717, 1.165) is 30.6 Å². The molecule has 0 aromatic carbocycles. The molecule has 2 rings (SSSR count). The van der Waals surface area contributed by atoms with E-state index in [2.05, 4.69) is 6.92 Å². The van der Waals surface area contributed by atoms with Gasteiger partial charge in [-0.2, -0.15) is 0 Å². The Labute approximate surface area is 150 Å². The molecule has 0 saturated heterocycles. The molecule has 24 heavy (non-hydrogen) atoms. The lowest BCUT2D eigenvalue weighted by atomic mass is 9.68. The fourth-order valence-corrected chi connectivity index (χ4v) is 5.07. The molecule has 0 bridgehead atoms. The first-order valence-electron chi connectivity index (χ1n) is 10.9. The first kappa shape index (κ1) is 19.8. The van der Waals surface area contributed by atoms with Crippen LogP contribution >= 0.6 is 0 Å². The first-order chi connectivity index (χ1) is 11.7. The van der Waals surface area contributed by atoms with Crippen molar-refractivity contribution in [2.45, 2.75) is 104 Å². The number of esters is 1. The van der Waals surface area contributed by atoms with E-state index in [-0.39, 0.29) is 11.9 Å². The minimum absolute atomic E-state index is 0.0581. The highest BCUT2D eigenvalue weighted by Gasteiger charge is 2.33. The van der Waals surface area contributed by atoms with Gasteiger partial charge in [-0.1, -0.05) is 58.3 Å². The van der Waals surface area contributed by atoms with Crippen molar-refractivity contribution < 1.29 is 9.53 Å². The van der Waals surface area contributed by atoms with Crippen LogP contribution in [0.2, 0.25) is 0 Å². The molecule has 0 aliphatic heterocycles. The Morgan fingerprint density at radius 2 is 1.38 bits per heavy atom. The summed E-state index contributed by atoms with van der Waals surface area (Å²) >= 11 is 0. The van der Waals surface area contributed by atoms with Crippen molar-refractivity contribution in [3.05, 3.63) is 0 Å². The van der Waals surface area contributed by atoms with Gasteiger partial charge in [-0.15, -0.1) is 0 Å². The summed E-state index contributed by atoms with van der Waals surface area (Å²) in [7, 11) is 0. The summed E-state index contributed by atoms with van der Waals surface area (Å²) in [5, 5.41) is 0. The van der Waals surface area contributed by atoms with Gasteiger partial charge in [0.1, 0.15) is 0 Å². The third kappa shape index (κ3) is 6.41. The van der Waals surface area contributed by atoms with Crippen molar-refractivity contribution in [3.63, 3.8) is 0 Å². The van der Waals surface area contributed by atoms with Crippen molar-refractivity contribution >= 4 is 5.97 Å². The standard InChI is InChI=1S/C22H40O2/c1-3-5-6-7-8-9-18-10-12-19(13-11-18)20-14-16-21(17-15-20)22(23)24-4-2/h18-21H,3-17H2,1-2H3/t18-,19-,20-,21-. The van der Waals surface area contributed by atoms with E-state index in [0.29, 0.717) is 6.61 Å². The molecule has 0 atom stereocenters. The van der Waals surface area contributed by atoms with E-state index >= 15 is 0 Å². The minimum atomic E-state index is 0.0581.